The van der Waals surface area contributed by atoms with Crippen LogP contribution in [0.3, 0.4) is 0 Å². The molecule has 3 aliphatic heterocycles. The number of carbonyl (C=O) groups is 1. The van der Waals surface area contributed by atoms with E-state index >= 15 is 0 Å². The third-order valence-corrected chi connectivity index (χ3v) is 24.0. The molecule has 3 heterocycles. The zero-order valence-corrected chi connectivity index (χ0v) is 71.7. The van der Waals surface area contributed by atoms with Crippen LogP contribution in [0.25, 0.3) is 0 Å². The first-order valence-corrected chi connectivity index (χ1v) is 47.6. The summed E-state index contributed by atoms with van der Waals surface area (Å²) in [6.45, 7) is 1.87. The molecular formula is C93H177NO18. The number of amides is 1. The van der Waals surface area contributed by atoms with Gasteiger partial charge in [0, 0.05) is 6.42 Å². The average molecular weight is 1600 g/mol. The lowest BCUT2D eigenvalue weighted by atomic mass is 9.96. The second-order valence-electron chi connectivity index (χ2n) is 34.2. The zero-order valence-electron chi connectivity index (χ0n) is 71.7. The number of allylic oxidation sites excluding steroid dienone is 4. The van der Waals surface area contributed by atoms with Gasteiger partial charge in [-0.05, 0) is 44.9 Å². The number of nitrogens with one attached hydrogen (secondary N) is 1. The molecule has 1 amide bonds. The van der Waals surface area contributed by atoms with E-state index < -0.39 is 124 Å². The molecule has 12 N–H and O–H groups in total. The number of carbonyl (C=O) groups excluding carboxylic acids is 1. The minimum Gasteiger partial charge on any atom is -0.394 e. The van der Waals surface area contributed by atoms with Gasteiger partial charge in [-0.2, -0.15) is 0 Å². The van der Waals surface area contributed by atoms with Gasteiger partial charge >= 0.3 is 0 Å². The topological polar surface area (TPSA) is 307 Å². The van der Waals surface area contributed by atoms with Gasteiger partial charge in [0.05, 0.1) is 38.6 Å². The first kappa shape index (κ1) is 104. The Morgan fingerprint density at radius 3 is 0.911 bits per heavy atom. The fourth-order valence-corrected chi connectivity index (χ4v) is 16.5. The molecule has 17 atom stereocenters. The van der Waals surface area contributed by atoms with Gasteiger partial charge in [-0.25, -0.2) is 0 Å². The molecule has 0 radical (unpaired) electrons. The third kappa shape index (κ3) is 51.0. The summed E-state index contributed by atoms with van der Waals surface area (Å²) in [6, 6.07) is -0.886. The van der Waals surface area contributed by atoms with E-state index in [2.05, 4.69) is 43.5 Å². The van der Waals surface area contributed by atoms with E-state index in [-0.39, 0.29) is 18.9 Å². The Kier molecular flexibility index (Phi) is 68.3. The lowest BCUT2D eigenvalue weighted by Crippen LogP contribution is -2.66. The zero-order chi connectivity index (χ0) is 81.0. The van der Waals surface area contributed by atoms with Gasteiger partial charge in [0.15, 0.2) is 18.9 Å². The molecule has 0 aromatic rings. The van der Waals surface area contributed by atoms with Gasteiger partial charge in [0.25, 0.3) is 0 Å². The predicted octanol–water partition coefficient (Wildman–Crippen LogP) is 18.8. The van der Waals surface area contributed by atoms with Crippen molar-refractivity contribution in [3.05, 3.63) is 24.3 Å². The molecule has 3 rings (SSSR count). The summed E-state index contributed by atoms with van der Waals surface area (Å²) in [6.07, 6.45) is 65.9. The largest absolute Gasteiger partial charge is 0.394 e. The van der Waals surface area contributed by atoms with E-state index in [4.69, 9.17) is 28.4 Å². The SMILES string of the molecule is CCCCCCC/C=C\C/C=C\CCCCCCCCCCCCCCCCCCCCCCCCCCCCCC(=O)NC(COC1OC(CO)C(OC2OC(CO)C(OC3OC(CO)C(O)C(O)C3O)C(O)C2O)C(O)C1O)C(O)CCCCCCCCCCCCCCCCCCCCCCCCCCCCCC. The summed E-state index contributed by atoms with van der Waals surface area (Å²) < 4.78 is 34.6. The number of rotatable bonds is 79. The maximum absolute atomic E-state index is 13.6. The van der Waals surface area contributed by atoms with Crippen molar-refractivity contribution >= 4 is 5.91 Å². The summed E-state index contributed by atoms with van der Waals surface area (Å²) in [5.74, 6) is -0.232. The van der Waals surface area contributed by atoms with Crippen LogP contribution in [-0.4, -0.2) is 193 Å². The normalized spacial score (nSPS) is 25.0. The summed E-state index contributed by atoms with van der Waals surface area (Å²) in [4.78, 5) is 13.6. The molecule has 3 aliphatic rings. The van der Waals surface area contributed by atoms with Crippen LogP contribution < -0.4 is 5.32 Å². The number of unbranched alkanes of at least 4 members (excludes halogenated alkanes) is 59. The van der Waals surface area contributed by atoms with Crippen molar-refractivity contribution in [2.24, 2.45) is 0 Å². The van der Waals surface area contributed by atoms with E-state index in [1.54, 1.807) is 0 Å². The standard InChI is InChI=1S/C93H177NO18/c1-3-5-7-9-11-13-15-17-19-21-23-25-27-29-31-33-34-35-36-37-38-39-40-41-42-43-45-47-49-51-53-55-57-59-61-63-65-67-69-71-81(99)94-76(77(98)70-68-66-64-62-60-58-56-54-52-50-48-46-44-32-30-28-26-24-22-20-18-16-14-12-10-8-6-4-2)75-107-91-87(105)84(102)89(79(73-96)109-91)112-93-88(106)85(103)90(80(74-97)110-93)111-92-86(104)83(101)82(100)78(72-95)108-92/h15,17,21,23,76-80,82-93,95-98,100-106H,3-14,16,18-20,22,24-75H2,1-2H3,(H,94,99)/b17-15-,23-21-. The molecule has 112 heavy (non-hydrogen) atoms. The van der Waals surface area contributed by atoms with Crippen molar-refractivity contribution < 1.29 is 89.4 Å². The number of hydrogen-bond donors (Lipinski definition) is 12. The van der Waals surface area contributed by atoms with Crippen molar-refractivity contribution in [3.8, 4) is 0 Å². The van der Waals surface area contributed by atoms with Crippen molar-refractivity contribution in [1.82, 2.24) is 5.32 Å². The molecule has 0 bridgehead atoms. The van der Waals surface area contributed by atoms with Gasteiger partial charge in [0.2, 0.25) is 5.91 Å². The molecule has 3 fully saturated rings. The Hall–Kier alpha value is -1.73. The van der Waals surface area contributed by atoms with Crippen molar-refractivity contribution in [1.29, 1.82) is 0 Å². The number of aliphatic hydroxyl groups is 11. The fraction of sp³-hybridized carbons (Fsp3) is 0.946. The van der Waals surface area contributed by atoms with E-state index in [0.29, 0.717) is 12.8 Å². The van der Waals surface area contributed by atoms with Crippen molar-refractivity contribution in [2.75, 3.05) is 26.4 Å². The second-order valence-corrected chi connectivity index (χ2v) is 34.2. The Morgan fingerprint density at radius 1 is 0.321 bits per heavy atom. The highest BCUT2D eigenvalue weighted by molar-refractivity contribution is 5.76. The Labute approximate surface area is 683 Å². The Bertz CT molecular complexity index is 2110. The smallest absolute Gasteiger partial charge is 0.220 e. The predicted molar refractivity (Wildman–Crippen MR) is 453 cm³/mol. The molecule has 0 spiro atoms. The van der Waals surface area contributed by atoms with Gasteiger partial charge in [-0.15, -0.1) is 0 Å². The molecule has 0 aromatic carbocycles. The van der Waals surface area contributed by atoms with Crippen LogP contribution in [0, 0.1) is 0 Å². The van der Waals surface area contributed by atoms with Crippen LogP contribution in [0.2, 0.25) is 0 Å². The van der Waals surface area contributed by atoms with E-state index in [0.717, 1.165) is 51.4 Å². The quantitative estimate of drug-likeness (QED) is 0.0199. The van der Waals surface area contributed by atoms with Crippen LogP contribution in [0.15, 0.2) is 24.3 Å². The molecule has 0 aromatic heterocycles. The van der Waals surface area contributed by atoms with Gasteiger partial charge in [0.1, 0.15) is 73.2 Å². The van der Waals surface area contributed by atoms with E-state index in [1.807, 2.05) is 0 Å². The highest BCUT2D eigenvalue weighted by Crippen LogP contribution is 2.34. The third-order valence-electron chi connectivity index (χ3n) is 24.0. The number of hydrogen-bond acceptors (Lipinski definition) is 18. The molecule has 3 saturated heterocycles. The molecule has 0 saturated carbocycles. The first-order chi connectivity index (χ1) is 54.8. The highest BCUT2D eigenvalue weighted by atomic mass is 16.8. The van der Waals surface area contributed by atoms with Gasteiger partial charge in [-0.3, -0.25) is 4.79 Å². The van der Waals surface area contributed by atoms with Gasteiger partial charge in [-0.1, -0.05) is 404 Å². The maximum Gasteiger partial charge on any atom is 0.220 e. The molecular weight excluding hydrogens is 1420 g/mol. The summed E-state index contributed by atoms with van der Waals surface area (Å²) in [5, 5.41) is 121. The van der Waals surface area contributed by atoms with Crippen molar-refractivity contribution in [3.63, 3.8) is 0 Å². The van der Waals surface area contributed by atoms with Crippen LogP contribution >= 0.6 is 0 Å². The number of aliphatic hydroxyl groups excluding tert-OH is 11. The molecule has 17 unspecified atom stereocenters. The summed E-state index contributed by atoms with van der Waals surface area (Å²) >= 11 is 0. The second kappa shape index (κ2) is 73.2. The van der Waals surface area contributed by atoms with Crippen LogP contribution in [0.4, 0.5) is 0 Å². The number of ether oxygens (including phenoxy) is 6. The average Bonchev–Trinajstić information content (AvgIpc) is 0.780. The first-order valence-electron chi connectivity index (χ1n) is 47.6. The maximum atomic E-state index is 13.6. The monoisotopic (exact) mass is 1600 g/mol. The van der Waals surface area contributed by atoms with Crippen molar-refractivity contribution in [2.45, 2.75) is 535 Å². The van der Waals surface area contributed by atoms with E-state index in [9.17, 15) is 61.0 Å². The minimum atomic E-state index is -1.97. The molecule has 0 aliphatic carbocycles. The summed E-state index contributed by atoms with van der Waals surface area (Å²) in [5.41, 5.74) is 0. The summed E-state index contributed by atoms with van der Waals surface area (Å²) in [7, 11) is 0. The van der Waals surface area contributed by atoms with Crippen LogP contribution in [0.5, 0.6) is 0 Å². The minimum absolute atomic E-state index is 0.232. The van der Waals surface area contributed by atoms with Gasteiger partial charge < -0.3 is 89.9 Å². The Balaban J connectivity index is 1.28. The fourth-order valence-electron chi connectivity index (χ4n) is 16.5. The molecule has 662 valence electrons. The van der Waals surface area contributed by atoms with E-state index in [1.165, 1.54) is 347 Å². The molecule has 19 heteroatoms. The Morgan fingerprint density at radius 2 is 0.589 bits per heavy atom. The molecule has 19 nitrogen and oxygen atoms in total. The van der Waals surface area contributed by atoms with Crippen LogP contribution in [-0.2, 0) is 33.2 Å². The lowest BCUT2D eigenvalue weighted by molar-refractivity contribution is -0.379. The lowest BCUT2D eigenvalue weighted by Gasteiger charge is -2.48. The van der Waals surface area contributed by atoms with Crippen LogP contribution in [0.1, 0.15) is 431 Å². The highest BCUT2D eigenvalue weighted by Gasteiger charge is 2.54.